The van der Waals surface area contributed by atoms with Crippen molar-refractivity contribution in [2.24, 2.45) is 5.41 Å². The zero-order valence-corrected chi connectivity index (χ0v) is 30.1. The van der Waals surface area contributed by atoms with Crippen LogP contribution >= 0.6 is 0 Å². The Morgan fingerprint density at radius 1 is 1.02 bits per heavy atom. The fourth-order valence-electron chi connectivity index (χ4n) is 4.67. The van der Waals surface area contributed by atoms with Gasteiger partial charge in [0.2, 0.25) is 11.8 Å². The van der Waals surface area contributed by atoms with Gasteiger partial charge in [-0.25, -0.2) is 9.59 Å². The molecule has 1 N–H and O–H groups in total. The van der Waals surface area contributed by atoms with E-state index in [2.05, 4.69) is 18.0 Å². The summed E-state index contributed by atoms with van der Waals surface area (Å²) in [5.41, 5.74) is 0.790. The van der Waals surface area contributed by atoms with Crippen LogP contribution < -0.4 is 5.32 Å². The molecule has 0 radical (unpaired) electrons. The molecule has 258 valence electrons. The Labute approximate surface area is 276 Å². The molecule has 1 rings (SSSR count). The summed E-state index contributed by atoms with van der Waals surface area (Å²) in [4.78, 5) is 56.7. The van der Waals surface area contributed by atoms with Gasteiger partial charge in [-0.2, -0.15) is 0 Å². The zero-order chi connectivity index (χ0) is 35.4. The zero-order valence-electron chi connectivity index (χ0n) is 30.1. The number of amides is 3. The second kappa shape index (κ2) is 17.9. The highest BCUT2D eigenvalue weighted by molar-refractivity contribution is 5.93. The van der Waals surface area contributed by atoms with E-state index < -0.39 is 53.2 Å². The summed E-state index contributed by atoms with van der Waals surface area (Å²) >= 11 is 0. The average molecular weight is 644 g/mol. The Balaban J connectivity index is 3.52. The highest BCUT2D eigenvalue weighted by Gasteiger charge is 2.41. The molecule has 0 heterocycles. The van der Waals surface area contributed by atoms with E-state index in [-0.39, 0.29) is 19.1 Å². The number of allylic oxidation sites excluding steroid dienone is 4. The second-order valence-electron chi connectivity index (χ2n) is 13.9. The van der Waals surface area contributed by atoms with Crippen LogP contribution in [-0.4, -0.2) is 90.8 Å². The van der Waals surface area contributed by atoms with Crippen molar-refractivity contribution in [3.63, 3.8) is 0 Å². The summed E-state index contributed by atoms with van der Waals surface area (Å²) < 4.78 is 16.9. The van der Waals surface area contributed by atoms with Crippen LogP contribution in [0.5, 0.6) is 0 Å². The maximum atomic E-state index is 14.2. The number of nitrogens with zero attached hydrogens (tertiary/aromatic N) is 2. The maximum absolute atomic E-state index is 14.2. The normalized spacial score (nSPS) is 16.2. The second-order valence-corrected chi connectivity index (χ2v) is 13.9. The lowest BCUT2D eigenvalue weighted by atomic mass is 9.85. The third-order valence-corrected chi connectivity index (χ3v) is 7.19. The van der Waals surface area contributed by atoms with Gasteiger partial charge in [0, 0.05) is 19.7 Å². The van der Waals surface area contributed by atoms with Crippen molar-refractivity contribution in [2.75, 3.05) is 27.3 Å². The Hall–Kier alpha value is -3.66. The molecule has 0 saturated carbocycles. The van der Waals surface area contributed by atoms with Gasteiger partial charge in [-0.15, -0.1) is 6.58 Å². The van der Waals surface area contributed by atoms with E-state index in [1.807, 2.05) is 52.8 Å². The van der Waals surface area contributed by atoms with Crippen LogP contribution in [0.25, 0.3) is 0 Å². The highest BCUT2D eigenvalue weighted by Crippen LogP contribution is 2.24. The predicted molar refractivity (Wildman–Crippen MR) is 182 cm³/mol. The summed E-state index contributed by atoms with van der Waals surface area (Å²) in [5.74, 6) is -1.46. The molecule has 3 amide bonds. The molecule has 10 nitrogen and oxygen atoms in total. The van der Waals surface area contributed by atoms with Gasteiger partial charge in [0.25, 0.3) is 0 Å². The van der Waals surface area contributed by atoms with Crippen LogP contribution in [0.2, 0.25) is 0 Å². The Kier molecular flexibility index (Phi) is 15.7. The van der Waals surface area contributed by atoms with E-state index >= 15 is 0 Å². The van der Waals surface area contributed by atoms with Crippen molar-refractivity contribution in [1.82, 2.24) is 15.1 Å². The summed E-state index contributed by atoms with van der Waals surface area (Å²) in [6, 6.07) is -2.80. The van der Waals surface area contributed by atoms with Crippen LogP contribution in [-0.2, 0) is 28.6 Å². The summed E-state index contributed by atoms with van der Waals surface area (Å²) in [5, 5.41) is 2.93. The van der Waals surface area contributed by atoms with Gasteiger partial charge < -0.3 is 24.4 Å². The van der Waals surface area contributed by atoms with E-state index in [4.69, 9.17) is 14.2 Å². The van der Waals surface area contributed by atoms with Crippen molar-refractivity contribution in [1.29, 1.82) is 0 Å². The lowest BCUT2D eigenvalue weighted by molar-refractivity contribution is -0.141. The Morgan fingerprint density at radius 3 is 2.13 bits per heavy atom. The van der Waals surface area contributed by atoms with Crippen molar-refractivity contribution < 1.29 is 33.4 Å². The van der Waals surface area contributed by atoms with Crippen LogP contribution in [0, 0.1) is 5.41 Å². The van der Waals surface area contributed by atoms with Crippen LogP contribution in [0.1, 0.15) is 82.1 Å². The number of rotatable bonds is 14. The number of hydrogen-bond donors (Lipinski definition) is 1. The van der Waals surface area contributed by atoms with Gasteiger partial charge in [-0.05, 0) is 78.4 Å². The van der Waals surface area contributed by atoms with Crippen LogP contribution in [0.3, 0.4) is 0 Å². The lowest BCUT2D eigenvalue weighted by Gasteiger charge is -2.38. The van der Waals surface area contributed by atoms with Gasteiger partial charge in [-0.3, -0.25) is 14.5 Å². The lowest BCUT2D eigenvalue weighted by Crippen LogP contribution is -2.61. The van der Waals surface area contributed by atoms with Gasteiger partial charge in [0.1, 0.15) is 23.8 Å². The molecule has 0 fully saturated rings. The van der Waals surface area contributed by atoms with Gasteiger partial charge >= 0.3 is 12.1 Å². The number of hydrogen-bond acceptors (Lipinski definition) is 7. The molecule has 0 saturated heterocycles. The molecule has 1 unspecified atom stereocenters. The molecule has 46 heavy (non-hydrogen) atoms. The monoisotopic (exact) mass is 643 g/mol. The molecule has 1 aliphatic rings. The van der Waals surface area contributed by atoms with Crippen molar-refractivity contribution >= 4 is 23.9 Å². The topological polar surface area (TPSA) is 114 Å². The number of likely N-dealkylation sites (N-methyl/N-ethyl adjacent to an activating group) is 2. The number of esters is 1. The highest BCUT2D eigenvalue weighted by atomic mass is 16.6. The van der Waals surface area contributed by atoms with Crippen LogP contribution in [0.15, 0.2) is 59.8 Å². The molecule has 4 atom stereocenters. The predicted octanol–water partition coefficient (Wildman–Crippen LogP) is 5.90. The van der Waals surface area contributed by atoms with Gasteiger partial charge in [0.15, 0.2) is 0 Å². The first-order chi connectivity index (χ1) is 21.2. The van der Waals surface area contributed by atoms with E-state index in [1.54, 1.807) is 47.7 Å². The molecular weight excluding hydrogens is 586 g/mol. The van der Waals surface area contributed by atoms with E-state index in [0.717, 1.165) is 24.0 Å². The molecule has 0 aromatic carbocycles. The maximum Gasteiger partial charge on any atom is 0.410 e. The third kappa shape index (κ3) is 13.0. The van der Waals surface area contributed by atoms with Crippen LogP contribution in [0.4, 0.5) is 4.79 Å². The minimum absolute atomic E-state index is 0.229. The van der Waals surface area contributed by atoms with Gasteiger partial charge in [0.05, 0.1) is 19.3 Å². The number of ether oxygens (including phenoxy) is 3. The van der Waals surface area contributed by atoms with E-state index in [1.165, 1.54) is 22.9 Å². The number of nitrogens with one attached hydrogen (secondary N) is 1. The van der Waals surface area contributed by atoms with Crippen molar-refractivity contribution in [3.05, 3.63) is 59.8 Å². The summed E-state index contributed by atoms with van der Waals surface area (Å²) in [7, 11) is 3.09. The molecule has 0 bridgehead atoms. The minimum Gasteiger partial charge on any atom is -0.463 e. The van der Waals surface area contributed by atoms with E-state index in [9.17, 15) is 19.2 Å². The first-order valence-electron chi connectivity index (χ1n) is 15.9. The van der Waals surface area contributed by atoms with Crippen molar-refractivity contribution in [3.8, 4) is 0 Å². The molecule has 0 aliphatic heterocycles. The quantitative estimate of drug-likeness (QED) is 0.142. The largest absolute Gasteiger partial charge is 0.463 e. The smallest absolute Gasteiger partial charge is 0.410 e. The summed E-state index contributed by atoms with van der Waals surface area (Å²) in [6.07, 6.45) is 11.1. The molecule has 0 spiro atoms. The average Bonchev–Trinajstić information content (AvgIpc) is 2.95. The molecule has 0 aromatic rings. The van der Waals surface area contributed by atoms with Gasteiger partial charge in [-0.1, -0.05) is 56.7 Å². The fraction of sp³-hybridized carbons (Fsp3) is 0.611. The Bertz CT molecular complexity index is 1210. The number of carbonyl (C=O) groups is 4. The fourth-order valence-corrected chi connectivity index (χ4v) is 4.67. The molecule has 1 aliphatic carbocycles. The molecule has 0 aromatic heterocycles. The molecule has 10 heteroatoms. The van der Waals surface area contributed by atoms with Crippen molar-refractivity contribution in [2.45, 2.75) is 112 Å². The Morgan fingerprint density at radius 2 is 1.65 bits per heavy atom. The minimum atomic E-state index is -1.20. The third-order valence-electron chi connectivity index (χ3n) is 7.19. The standard InChI is InChI=1S/C36H57N3O7/c1-14-28(45-23-26-19-17-16-18-20-26)29(39(13)34(43)46-36(9,10)11)31(40)37-30(35(6,7)8)32(41)38(12)27(21-24(3)4)22-25(5)33(42)44-15-2/h14,16-17,19,21-22,27-30H,1,15,18,20,23H2,2-13H3,(H,37,40)/b25-22+/t27?,28-,29+,30-/m1/s1. The van der Waals surface area contributed by atoms with E-state index in [0.29, 0.717) is 5.57 Å². The number of carbonyl (C=O) groups excluding carboxylic acids is 4. The summed E-state index contributed by atoms with van der Waals surface area (Å²) in [6.45, 7) is 22.3. The first-order valence-corrected chi connectivity index (χ1v) is 15.9. The molecular formula is C36H57N3O7. The first kappa shape index (κ1) is 40.4. The SMILES string of the molecule is C=C[C@@H](OCC1=CC=CCC1)[C@@H](C(=O)N[C@H](C(=O)N(C)C(C=C(C)C)/C=C(\C)C(=O)OCC)C(C)(C)C)N(C)C(=O)OC(C)(C)C.